The molecule has 0 radical (unpaired) electrons. The van der Waals surface area contributed by atoms with Crippen LogP contribution in [0.3, 0.4) is 0 Å². The Balaban J connectivity index is 2.74. The molecular weight excluding hydrogens is 348 g/mol. The first-order valence-corrected chi connectivity index (χ1v) is 7.51. The maximum atomic E-state index is 12.0. The van der Waals surface area contributed by atoms with Gasteiger partial charge in [-0.3, -0.25) is 0 Å². The summed E-state index contributed by atoms with van der Waals surface area (Å²) in [6.45, 7) is 2.77. The fourth-order valence-corrected chi connectivity index (χ4v) is 2.02. The SMILES string of the molecule is CCCNc1nc(CCOCC(F)F)nc(COC)c1Br. The number of methoxy groups -OCH3 is 1. The van der Waals surface area contributed by atoms with Crippen LogP contribution in [0.1, 0.15) is 24.9 Å². The zero-order valence-electron chi connectivity index (χ0n) is 12.2. The van der Waals surface area contributed by atoms with E-state index in [0.29, 0.717) is 24.7 Å². The number of ether oxygens (including phenoxy) is 2. The van der Waals surface area contributed by atoms with Crippen molar-refractivity contribution in [3.8, 4) is 0 Å². The van der Waals surface area contributed by atoms with E-state index < -0.39 is 13.0 Å². The monoisotopic (exact) mass is 367 g/mol. The molecule has 0 atom stereocenters. The Morgan fingerprint density at radius 1 is 1.33 bits per heavy atom. The molecule has 0 spiro atoms. The van der Waals surface area contributed by atoms with Crippen LogP contribution in [0.4, 0.5) is 14.6 Å². The summed E-state index contributed by atoms with van der Waals surface area (Å²) in [5, 5.41) is 3.20. The minimum atomic E-state index is -2.46. The predicted molar refractivity (Wildman–Crippen MR) is 79.8 cm³/mol. The summed E-state index contributed by atoms with van der Waals surface area (Å²) in [6.07, 6.45) is -1.12. The molecule has 0 aliphatic carbocycles. The second-order valence-corrected chi connectivity index (χ2v) is 5.12. The van der Waals surface area contributed by atoms with E-state index in [1.54, 1.807) is 7.11 Å². The molecule has 0 unspecified atom stereocenters. The van der Waals surface area contributed by atoms with Gasteiger partial charge in [0, 0.05) is 20.1 Å². The van der Waals surface area contributed by atoms with Gasteiger partial charge in [-0.1, -0.05) is 6.92 Å². The molecule has 0 bridgehead atoms. The molecule has 1 rings (SSSR count). The summed E-state index contributed by atoms with van der Waals surface area (Å²) in [4.78, 5) is 8.73. The lowest BCUT2D eigenvalue weighted by Gasteiger charge is -2.12. The summed E-state index contributed by atoms with van der Waals surface area (Å²) in [6, 6.07) is 0. The van der Waals surface area contributed by atoms with Gasteiger partial charge in [0.2, 0.25) is 0 Å². The first kappa shape index (κ1) is 18.2. The maximum absolute atomic E-state index is 12.0. The number of alkyl halides is 2. The molecule has 1 aromatic heterocycles. The van der Waals surface area contributed by atoms with Crippen molar-refractivity contribution in [2.45, 2.75) is 32.8 Å². The van der Waals surface area contributed by atoms with Gasteiger partial charge in [0.15, 0.2) is 0 Å². The third-order valence-electron chi connectivity index (χ3n) is 2.50. The number of hydrogen-bond acceptors (Lipinski definition) is 5. The highest BCUT2D eigenvalue weighted by Gasteiger charge is 2.12. The largest absolute Gasteiger partial charge is 0.378 e. The lowest BCUT2D eigenvalue weighted by molar-refractivity contribution is 0.0182. The minimum absolute atomic E-state index is 0.158. The molecule has 0 saturated carbocycles. The second-order valence-electron chi connectivity index (χ2n) is 4.32. The number of anilines is 1. The number of aromatic nitrogens is 2. The third kappa shape index (κ3) is 6.62. The van der Waals surface area contributed by atoms with E-state index in [1.807, 2.05) is 0 Å². The summed E-state index contributed by atoms with van der Waals surface area (Å²) in [7, 11) is 1.58. The van der Waals surface area contributed by atoms with Crippen LogP contribution >= 0.6 is 15.9 Å². The zero-order valence-corrected chi connectivity index (χ0v) is 13.8. The van der Waals surface area contributed by atoms with Crippen molar-refractivity contribution in [2.24, 2.45) is 0 Å². The Kier molecular flexibility index (Phi) is 8.63. The molecule has 0 fully saturated rings. The molecule has 1 aromatic rings. The van der Waals surface area contributed by atoms with Gasteiger partial charge in [-0.25, -0.2) is 18.7 Å². The van der Waals surface area contributed by atoms with Crippen LogP contribution in [0.15, 0.2) is 4.47 Å². The van der Waals surface area contributed by atoms with Gasteiger partial charge in [0.05, 0.1) is 23.4 Å². The van der Waals surface area contributed by atoms with Gasteiger partial charge >= 0.3 is 0 Å². The number of halogens is 3. The minimum Gasteiger partial charge on any atom is -0.378 e. The van der Waals surface area contributed by atoms with Crippen LogP contribution in [0, 0.1) is 0 Å². The number of nitrogens with zero attached hydrogens (tertiary/aromatic N) is 2. The highest BCUT2D eigenvalue weighted by atomic mass is 79.9. The summed E-state index contributed by atoms with van der Waals surface area (Å²) in [5.41, 5.74) is 0.718. The van der Waals surface area contributed by atoms with Gasteiger partial charge in [0.1, 0.15) is 18.2 Å². The van der Waals surface area contributed by atoms with E-state index in [9.17, 15) is 8.78 Å². The van der Waals surface area contributed by atoms with Crippen molar-refractivity contribution in [3.05, 3.63) is 16.0 Å². The zero-order chi connectivity index (χ0) is 15.7. The Labute approximate surface area is 131 Å². The topological polar surface area (TPSA) is 56.3 Å². The standard InChI is InChI=1S/C13H20BrF2N3O2/c1-3-5-17-13-12(14)9(7-20-2)18-11(19-13)4-6-21-8-10(15)16/h10H,3-8H2,1-2H3,(H,17,18,19). The molecule has 5 nitrogen and oxygen atoms in total. The van der Waals surface area contributed by atoms with E-state index >= 15 is 0 Å². The molecule has 0 amide bonds. The van der Waals surface area contributed by atoms with Crippen molar-refractivity contribution in [1.82, 2.24) is 9.97 Å². The van der Waals surface area contributed by atoms with Crippen molar-refractivity contribution in [1.29, 1.82) is 0 Å². The molecule has 120 valence electrons. The van der Waals surface area contributed by atoms with Gasteiger partial charge in [-0.2, -0.15) is 0 Å². The number of rotatable bonds is 10. The Morgan fingerprint density at radius 3 is 2.71 bits per heavy atom. The summed E-state index contributed by atoms with van der Waals surface area (Å²) in [5.74, 6) is 1.22. The molecule has 21 heavy (non-hydrogen) atoms. The lowest BCUT2D eigenvalue weighted by atomic mass is 10.3. The van der Waals surface area contributed by atoms with Crippen molar-refractivity contribution in [3.63, 3.8) is 0 Å². The average Bonchev–Trinajstić information content (AvgIpc) is 2.45. The molecule has 1 heterocycles. The van der Waals surface area contributed by atoms with Crippen molar-refractivity contribution >= 4 is 21.7 Å². The van der Waals surface area contributed by atoms with Crippen molar-refractivity contribution in [2.75, 3.05) is 32.2 Å². The Bertz CT molecular complexity index is 436. The summed E-state index contributed by atoms with van der Waals surface area (Å²) >= 11 is 3.45. The van der Waals surface area contributed by atoms with Crippen LogP contribution in [0.25, 0.3) is 0 Å². The molecule has 8 heteroatoms. The fourth-order valence-electron chi connectivity index (χ4n) is 1.59. The highest BCUT2D eigenvalue weighted by Crippen LogP contribution is 2.24. The first-order chi connectivity index (χ1) is 10.1. The Hall–Kier alpha value is -0.860. The fraction of sp³-hybridized carbons (Fsp3) is 0.692. The highest BCUT2D eigenvalue weighted by molar-refractivity contribution is 9.10. The van der Waals surface area contributed by atoms with Gasteiger partial charge in [-0.15, -0.1) is 0 Å². The molecule has 0 saturated heterocycles. The molecule has 0 aromatic carbocycles. The molecule has 0 aliphatic rings. The van der Waals surface area contributed by atoms with E-state index in [1.165, 1.54) is 0 Å². The maximum Gasteiger partial charge on any atom is 0.261 e. The third-order valence-corrected chi connectivity index (χ3v) is 3.34. The lowest BCUT2D eigenvalue weighted by Crippen LogP contribution is -2.12. The van der Waals surface area contributed by atoms with Crippen LogP contribution in [0.2, 0.25) is 0 Å². The van der Waals surface area contributed by atoms with E-state index in [0.717, 1.165) is 23.1 Å². The van der Waals surface area contributed by atoms with Gasteiger partial charge < -0.3 is 14.8 Å². The van der Waals surface area contributed by atoms with E-state index in [4.69, 9.17) is 9.47 Å². The smallest absolute Gasteiger partial charge is 0.261 e. The van der Waals surface area contributed by atoms with E-state index in [2.05, 4.69) is 38.1 Å². The predicted octanol–water partition coefficient (Wildman–Crippen LogP) is 3.03. The molecular formula is C13H20BrF2N3O2. The Morgan fingerprint density at radius 2 is 2.10 bits per heavy atom. The average molecular weight is 368 g/mol. The first-order valence-electron chi connectivity index (χ1n) is 6.72. The number of nitrogens with one attached hydrogen (secondary N) is 1. The van der Waals surface area contributed by atoms with Crippen LogP contribution in [-0.2, 0) is 22.5 Å². The van der Waals surface area contributed by atoms with E-state index in [-0.39, 0.29) is 6.61 Å². The van der Waals surface area contributed by atoms with Crippen molar-refractivity contribution < 1.29 is 18.3 Å². The van der Waals surface area contributed by atoms with Gasteiger partial charge in [-0.05, 0) is 22.4 Å². The van der Waals surface area contributed by atoms with Crippen LogP contribution < -0.4 is 5.32 Å². The second kappa shape index (κ2) is 9.97. The van der Waals surface area contributed by atoms with Crippen LogP contribution in [-0.4, -0.2) is 43.3 Å². The quantitative estimate of drug-likeness (QED) is 0.644. The number of hydrogen-bond donors (Lipinski definition) is 1. The van der Waals surface area contributed by atoms with Crippen LogP contribution in [0.5, 0.6) is 0 Å². The molecule has 1 N–H and O–H groups in total. The molecule has 0 aliphatic heterocycles. The summed E-state index contributed by atoms with van der Waals surface area (Å²) < 4.78 is 34.7. The normalized spacial score (nSPS) is 11.1. The van der Waals surface area contributed by atoms with Gasteiger partial charge in [0.25, 0.3) is 6.43 Å².